The van der Waals surface area contributed by atoms with Crippen LogP contribution in [0.25, 0.3) is 0 Å². The smallest absolute Gasteiger partial charge is 0.310 e. The lowest BCUT2D eigenvalue weighted by Crippen LogP contribution is -2.73. The number of hydrogen-bond donors (Lipinski definition) is 2. The first-order valence-electron chi connectivity index (χ1n) is 5.14. The van der Waals surface area contributed by atoms with Crippen LogP contribution in [0.15, 0.2) is 0 Å². The zero-order valence-electron chi connectivity index (χ0n) is 9.09. The van der Waals surface area contributed by atoms with E-state index in [0.29, 0.717) is 20.7 Å². The quantitative estimate of drug-likeness (QED) is 0.506. The molecule has 3 nitrogen and oxygen atoms in total. The molecule has 1 aliphatic rings. The molecular weight excluding hydrogens is 177 g/mol. The molecule has 0 saturated carbocycles. The van der Waals surface area contributed by atoms with E-state index < -0.39 is 0 Å². The molecule has 0 spiro atoms. The van der Waals surface area contributed by atoms with E-state index in [-0.39, 0.29) is 0 Å². The second-order valence-electron chi connectivity index (χ2n) is 3.57. The maximum absolute atomic E-state index is 3.59. The number of nitrogens with one attached hydrogen (secondary N) is 2. The second-order valence-corrected chi connectivity index (χ2v) is 4.72. The summed E-state index contributed by atoms with van der Waals surface area (Å²) in [6.45, 7) is 8.33. The minimum absolute atomic E-state index is 0.520. The highest BCUT2D eigenvalue weighted by Crippen LogP contribution is 2.13. The van der Waals surface area contributed by atoms with Gasteiger partial charge in [-0.2, -0.15) is 0 Å². The summed E-state index contributed by atoms with van der Waals surface area (Å²) < 4.78 is 2.40. The molecule has 1 fully saturated rings. The molecule has 0 aromatic rings. The maximum atomic E-state index is 3.59. The van der Waals surface area contributed by atoms with Crippen molar-refractivity contribution in [2.75, 3.05) is 13.7 Å². The van der Waals surface area contributed by atoms with Gasteiger partial charge in [-0.05, 0) is 19.7 Å². The topological polar surface area (TPSA) is 27.3 Å². The first-order valence-corrected chi connectivity index (χ1v) is 6.72. The molecule has 1 atom stereocenters. The van der Waals surface area contributed by atoms with Gasteiger partial charge in [0.05, 0.1) is 0 Å². The molecule has 1 heterocycles. The Labute approximate surface area is 84.9 Å². The normalized spacial score (nSPS) is 20.8. The molecule has 7 heteroatoms. The van der Waals surface area contributed by atoms with E-state index in [1.807, 2.05) is 0 Å². The predicted octanol–water partition coefficient (Wildman–Crippen LogP) is 0.420. The van der Waals surface area contributed by atoms with Gasteiger partial charge in [0.25, 0.3) is 14.0 Å². The van der Waals surface area contributed by atoms with Gasteiger partial charge >= 0.3 is 6.70 Å². The van der Waals surface area contributed by atoms with E-state index in [4.69, 9.17) is 0 Å². The second kappa shape index (κ2) is 5.40. The van der Waals surface area contributed by atoms with Crippen molar-refractivity contribution >= 4 is 29.1 Å². The van der Waals surface area contributed by atoms with Gasteiger partial charge in [0.15, 0.2) is 0 Å². The van der Waals surface area contributed by atoms with Crippen LogP contribution in [-0.2, 0) is 0 Å². The standard InChI is InChI=1S/C6H19B3N3P/c1-5-7-10-9(13-4)11-8(6-2)12(7)3/h10-11,13H,5-6H2,1-4H3. The zero-order valence-corrected chi connectivity index (χ0v) is 10.1. The van der Waals surface area contributed by atoms with Gasteiger partial charge in [-0.25, -0.2) is 0 Å². The monoisotopic (exact) mass is 197 g/mol. The van der Waals surface area contributed by atoms with Crippen LogP contribution in [0.3, 0.4) is 0 Å². The third-order valence-electron chi connectivity index (χ3n) is 2.76. The van der Waals surface area contributed by atoms with E-state index in [1.54, 1.807) is 0 Å². The predicted molar refractivity (Wildman–Crippen MR) is 66.5 cm³/mol. The largest absolute Gasteiger partial charge is 0.367 e. The Bertz CT molecular complexity index is 148. The highest BCUT2D eigenvalue weighted by Gasteiger charge is 2.36. The van der Waals surface area contributed by atoms with Gasteiger partial charge in [0.1, 0.15) is 0 Å². The summed E-state index contributed by atoms with van der Waals surface area (Å²) >= 11 is 0. The molecule has 0 amide bonds. The lowest BCUT2D eigenvalue weighted by Gasteiger charge is -2.39. The molecule has 0 aliphatic carbocycles. The van der Waals surface area contributed by atoms with Crippen molar-refractivity contribution in [3.8, 4) is 0 Å². The van der Waals surface area contributed by atoms with E-state index >= 15 is 0 Å². The summed E-state index contributed by atoms with van der Waals surface area (Å²) in [6.07, 6.45) is 2.35. The molecule has 0 bridgehead atoms. The summed E-state index contributed by atoms with van der Waals surface area (Å²) in [4.78, 5) is 0. The van der Waals surface area contributed by atoms with Crippen LogP contribution in [0, 0.1) is 0 Å². The Morgan fingerprint density at radius 2 is 1.62 bits per heavy atom. The van der Waals surface area contributed by atoms with Crippen molar-refractivity contribution in [1.29, 1.82) is 0 Å². The summed E-state index contributed by atoms with van der Waals surface area (Å²) in [5, 5.41) is 7.19. The molecule has 1 saturated heterocycles. The highest BCUT2D eigenvalue weighted by atomic mass is 31.1. The van der Waals surface area contributed by atoms with Crippen LogP contribution in [0.2, 0.25) is 12.6 Å². The average Bonchev–Trinajstić information content (AvgIpc) is 2.18. The van der Waals surface area contributed by atoms with Crippen LogP contribution in [0.4, 0.5) is 0 Å². The molecule has 2 N–H and O–H groups in total. The van der Waals surface area contributed by atoms with Crippen molar-refractivity contribution < 1.29 is 0 Å². The number of hydrogen-bond acceptors (Lipinski definition) is 3. The molecule has 0 radical (unpaired) electrons. The van der Waals surface area contributed by atoms with Crippen molar-refractivity contribution in [1.82, 2.24) is 15.0 Å². The molecule has 72 valence electrons. The van der Waals surface area contributed by atoms with Crippen LogP contribution in [0.1, 0.15) is 13.8 Å². The fourth-order valence-electron chi connectivity index (χ4n) is 1.86. The van der Waals surface area contributed by atoms with Crippen LogP contribution >= 0.6 is 8.46 Å². The summed E-state index contributed by atoms with van der Waals surface area (Å²) in [5.41, 5.74) is 0. The Hall–Kier alpha value is 0.505. The van der Waals surface area contributed by atoms with E-state index in [2.05, 4.69) is 42.6 Å². The molecule has 1 aliphatic heterocycles. The third kappa shape index (κ3) is 2.72. The van der Waals surface area contributed by atoms with Gasteiger partial charge in [0.2, 0.25) is 0 Å². The fraction of sp³-hybridized carbons (Fsp3) is 1.00. The van der Waals surface area contributed by atoms with Crippen molar-refractivity contribution in [3.63, 3.8) is 0 Å². The molecule has 0 aromatic carbocycles. The Kier molecular flexibility index (Phi) is 4.81. The van der Waals surface area contributed by atoms with Crippen LogP contribution in [-0.4, -0.2) is 39.1 Å². The minimum atomic E-state index is 0.520. The van der Waals surface area contributed by atoms with Gasteiger partial charge < -0.3 is 15.0 Å². The van der Waals surface area contributed by atoms with Crippen LogP contribution < -0.4 is 10.3 Å². The third-order valence-corrected chi connectivity index (χ3v) is 3.67. The molecule has 13 heavy (non-hydrogen) atoms. The van der Waals surface area contributed by atoms with Gasteiger partial charge in [0, 0.05) is 0 Å². The average molecular weight is 197 g/mol. The van der Waals surface area contributed by atoms with E-state index in [9.17, 15) is 0 Å². The van der Waals surface area contributed by atoms with Gasteiger partial charge in [-0.15, -0.1) is 8.46 Å². The fourth-order valence-corrected chi connectivity index (χ4v) is 2.58. The molecule has 1 rings (SSSR count). The summed E-state index contributed by atoms with van der Waals surface area (Å²) in [7, 11) is 3.12. The molecule has 0 aromatic heterocycles. The number of rotatable bonds is 3. The molecule has 1 unspecified atom stereocenters. The van der Waals surface area contributed by atoms with Gasteiger partial charge in [-0.3, -0.25) is 0 Å². The van der Waals surface area contributed by atoms with Crippen molar-refractivity contribution in [2.24, 2.45) is 0 Å². The Morgan fingerprint density at radius 1 is 1.15 bits per heavy atom. The summed E-state index contributed by atoms with van der Waals surface area (Å²) in [6, 6.07) is 0. The van der Waals surface area contributed by atoms with Crippen LogP contribution in [0.5, 0.6) is 0 Å². The van der Waals surface area contributed by atoms with Crippen molar-refractivity contribution in [2.45, 2.75) is 26.5 Å². The summed E-state index contributed by atoms with van der Waals surface area (Å²) in [5.74, 6) is 0. The maximum Gasteiger partial charge on any atom is 0.310 e. The van der Waals surface area contributed by atoms with Crippen molar-refractivity contribution in [3.05, 3.63) is 0 Å². The first-order chi connectivity index (χ1) is 6.22. The minimum Gasteiger partial charge on any atom is -0.367 e. The lowest BCUT2D eigenvalue weighted by atomic mass is 9.51. The van der Waals surface area contributed by atoms with Gasteiger partial charge in [-0.1, -0.05) is 20.5 Å². The first kappa shape index (κ1) is 11.6. The van der Waals surface area contributed by atoms with E-state index in [0.717, 1.165) is 8.46 Å². The number of nitrogens with zero attached hydrogens (tertiary/aromatic N) is 1. The van der Waals surface area contributed by atoms with E-state index in [1.165, 1.54) is 12.6 Å². The Balaban J connectivity index is 2.56. The Morgan fingerprint density at radius 3 is 1.92 bits per heavy atom. The highest BCUT2D eigenvalue weighted by molar-refractivity contribution is 7.75. The SMILES string of the molecule is CCB1NB(PC)NB(CC)N1C. The lowest BCUT2D eigenvalue weighted by molar-refractivity contribution is 0.740. The molecular formula is C6H19B3N3P. The zero-order chi connectivity index (χ0) is 9.84.